The summed E-state index contributed by atoms with van der Waals surface area (Å²) in [6, 6.07) is 4.26. The topological polar surface area (TPSA) is 37.8 Å². The molecule has 0 unspecified atom stereocenters. The Morgan fingerprint density at radius 3 is 2.00 bits per heavy atom. The zero-order valence-corrected chi connectivity index (χ0v) is 19.7. The lowest BCUT2D eigenvalue weighted by molar-refractivity contribution is -0.0833. The van der Waals surface area contributed by atoms with E-state index in [4.69, 9.17) is 9.47 Å². The van der Waals surface area contributed by atoms with Crippen LogP contribution in [0.4, 0.5) is 5.82 Å². The Labute approximate surface area is 174 Å². The summed E-state index contributed by atoms with van der Waals surface area (Å²) in [5, 5.41) is 0. The highest BCUT2D eigenvalue weighted by molar-refractivity contribution is 5.39. The number of rotatable bonds is 5. The van der Waals surface area contributed by atoms with Gasteiger partial charge in [0.15, 0.2) is 0 Å². The zero-order valence-electron chi connectivity index (χ0n) is 19.7. The van der Waals surface area contributed by atoms with Crippen LogP contribution in [0.1, 0.15) is 59.9 Å². The molecule has 0 N–H and O–H groups in total. The number of likely N-dealkylation sites (N-methyl/N-ethyl adjacent to an activating group) is 1. The van der Waals surface area contributed by atoms with E-state index < -0.39 is 0 Å². The normalized spacial score (nSPS) is 21.1. The maximum Gasteiger partial charge on any atom is 0.128 e. The van der Waals surface area contributed by atoms with Crippen molar-refractivity contribution in [2.45, 2.75) is 73.5 Å². The van der Waals surface area contributed by atoms with Crippen LogP contribution in [0.3, 0.4) is 0 Å². The van der Waals surface area contributed by atoms with E-state index in [1.54, 1.807) is 7.11 Å². The van der Waals surface area contributed by atoms with Crippen molar-refractivity contribution in [1.82, 2.24) is 9.88 Å². The molecule has 2 fully saturated rings. The van der Waals surface area contributed by atoms with E-state index in [2.05, 4.69) is 40.8 Å². The van der Waals surface area contributed by atoms with Crippen LogP contribution < -0.4 is 4.90 Å². The molecule has 0 radical (unpaired) electrons. The van der Waals surface area contributed by atoms with Crippen molar-refractivity contribution in [1.29, 1.82) is 0 Å². The highest BCUT2D eigenvalue weighted by atomic mass is 16.5. The maximum atomic E-state index is 5.33. The van der Waals surface area contributed by atoms with Crippen molar-refractivity contribution in [3.63, 3.8) is 0 Å². The van der Waals surface area contributed by atoms with Gasteiger partial charge in [-0.15, -0.1) is 0 Å². The summed E-state index contributed by atoms with van der Waals surface area (Å²) in [5.41, 5.74) is 1.23. The van der Waals surface area contributed by atoms with Gasteiger partial charge in [-0.1, -0.05) is 40.7 Å². The van der Waals surface area contributed by atoms with Crippen LogP contribution in [0, 0.1) is 6.92 Å². The van der Waals surface area contributed by atoms with Crippen molar-refractivity contribution in [2.24, 2.45) is 0 Å². The molecule has 1 aromatic heterocycles. The molecule has 0 aromatic carbocycles. The summed E-state index contributed by atoms with van der Waals surface area (Å²) in [6.45, 7) is 20.8. The fourth-order valence-electron chi connectivity index (χ4n) is 3.02. The third-order valence-electron chi connectivity index (χ3n) is 4.83. The minimum atomic E-state index is 0.474. The molecule has 0 spiro atoms. The zero-order chi connectivity index (χ0) is 21.4. The van der Waals surface area contributed by atoms with Crippen LogP contribution in [0.2, 0.25) is 0 Å². The quantitative estimate of drug-likeness (QED) is 0.717. The molecule has 1 saturated heterocycles. The molecule has 1 aliphatic carbocycles. The highest BCUT2D eigenvalue weighted by Crippen LogP contribution is 2.25. The third kappa shape index (κ3) is 9.85. The average molecular weight is 396 g/mol. The molecule has 28 heavy (non-hydrogen) atoms. The van der Waals surface area contributed by atoms with E-state index in [1.165, 1.54) is 5.56 Å². The van der Waals surface area contributed by atoms with Gasteiger partial charge in [0, 0.05) is 46.1 Å². The fourth-order valence-corrected chi connectivity index (χ4v) is 3.02. The molecule has 1 aliphatic heterocycles. The molecule has 0 amide bonds. The Morgan fingerprint density at radius 2 is 1.57 bits per heavy atom. The highest BCUT2D eigenvalue weighted by Gasteiger charge is 2.28. The number of nitrogens with zero attached hydrogens (tertiary/aromatic N) is 3. The van der Waals surface area contributed by atoms with Crippen molar-refractivity contribution >= 4 is 5.82 Å². The van der Waals surface area contributed by atoms with Crippen LogP contribution in [-0.4, -0.2) is 68.5 Å². The number of hydrogen-bond acceptors (Lipinski definition) is 5. The monoisotopic (exact) mass is 395 g/mol. The number of piperazine rings is 1. The van der Waals surface area contributed by atoms with Gasteiger partial charge in [-0.3, -0.25) is 0 Å². The summed E-state index contributed by atoms with van der Waals surface area (Å²) >= 11 is 0. The Morgan fingerprint density at radius 1 is 0.964 bits per heavy atom. The molecule has 1 aromatic rings. The number of methoxy groups -OCH3 is 1. The lowest BCUT2D eigenvalue weighted by Crippen LogP contribution is -2.46. The van der Waals surface area contributed by atoms with Crippen LogP contribution in [0.15, 0.2) is 18.3 Å². The number of pyridine rings is 1. The first kappa shape index (κ1) is 26.8. The molecule has 0 atom stereocenters. The van der Waals surface area contributed by atoms with Gasteiger partial charge in [0.1, 0.15) is 5.82 Å². The summed E-state index contributed by atoms with van der Waals surface area (Å²) in [6.07, 6.45) is 5.08. The first-order valence-electron chi connectivity index (χ1n) is 11.2. The molecule has 164 valence electrons. The lowest BCUT2D eigenvalue weighted by atomic mass is 9.92. The van der Waals surface area contributed by atoms with E-state index >= 15 is 0 Å². The summed E-state index contributed by atoms with van der Waals surface area (Å²) in [7, 11) is 1.76. The second-order valence-corrected chi connectivity index (χ2v) is 6.52. The van der Waals surface area contributed by atoms with Gasteiger partial charge in [0.2, 0.25) is 0 Å². The van der Waals surface area contributed by atoms with Crippen LogP contribution in [0.5, 0.6) is 0 Å². The van der Waals surface area contributed by atoms with Gasteiger partial charge in [-0.25, -0.2) is 4.98 Å². The van der Waals surface area contributed by atoms with E-state index in [-0.39, 0.29) is 0 Å². The molecule has 3 rings (SSSR count). The second kappa shape index (κ2) is 16.8. The van der Waals surface area contributed by atoms with Crippen LogP contribution in [-0.2, 0) is 9.47 Å². The fraction of sp³-hybridized carbons (Fsp3) is 0.783. The van der Waals surface area contributed by atoms with E-state index in [0.29, 0.717) is 12.2 Å². The number of hydrogen-bond donors (Lipinski definition) is 0. The standard InChI is InChI=1S/C12H19N3.C7H14O2.2C2H6/c1-3-14-6-8-15(9-7-14)12-5-4-11(2)10-13-12;1-3-9-7-4-6(5-7)8-2;2*1-2/h4-5,10H,3,6-9H2,1-2H3;6-7H,3-5H2,1-2H3;2*1-2H3. The van der Waals surface area contributed by atoms with Gasteiger partial charge in [0.05, 0.1) is 12.2 Å². The number of ether oxygens (including phenoxy) is 2. The Balaban J connectivity index is 0.000000481. The molecule has 0 bridgehead atoms. The smallest absolute Gasteiger partial charge is 0.128 e. The first-order valence-corrected chi connectivity index (χ1v) is 11.2. The number of anilines is 1. The van der Waals surface area contributed by atoms with Gasteiger partial charge in [0.25, 0.3) is 0 Å². The minimum Gasteiger partial charge on any atom is -0.381 e. The van der Waals surface area contributed by atoms with Gasteiger partial charge in [-0.2, -0.15) is 0 Å². The molecular formula is C23H45N3O2. The van der Waals surface area contributed by atoms with Gasteiger partial charge < -0.3 is 19.3 Å². The summed E-state index contributed by atoms with van der Waals surface area (Å²) in [5.74, 6) is 1.12. The molecule has 5 heteroatoms. The molecule has 1 saturated carbocycles. The van der Waals surface area contributed by atoms with Crippen molar-refractivity contribution in [3.8, 4) is 0 Å². The minimum absolute atomic E-state index is 0.474. The Bertz CT molecular complexity index is 453. The molecular weight excluding hydrogens is 350 g/mol. The SMILES string of the molecule is CC.CC.CCN1CCN(c2ccc(C)cn2)CC1.CCOC1CC(OC)C1. The third-order valence-corrected chi connectivity index (χ3v) is 4.83. The molecule has 2 heterocycles. The molecule has 5 nitrogen and oxygen atoms in total. The maximum absolute atomic E-state index is 5.33. The predicted molar refractivity (Wildman–Crippen MR) is 121 cm³/mol. The van der Waals surface area contributed by atoms with E-state index in [1.807, 2.05) is 40.8 Å². The van der Waals surface area contributed by atoms with Crippen LogP contribution >= 0.6 is 0 Å². The van der Waals surface area contributed by atoms with Crippen molar-refractivity contribution < 1.29 is 9.47 Å². The Kier molecular flexibility index (Phi) is 16.1. The van der Waals surface area contributed by atoms with E-state index in [9.17, 15) is 0 Å². The summed E-state index contributed by atoms with van der Waals surface area (Å²) in [4.78, 5) is 9.30. The Hall–Kier alpha value is -1.17. The van der Waals surface area contributed by atoms with Gasteiger partial charge >= 0.3 is 0 Å². The molecule has 2 aliphatic rings. The predicted octanol–water partition coefficient (Wildman–Crippen LogP) is 4.78. The second-order valence-electron chi connectivity index (χ2n) is 6.52. The number of aryl methyl sites for hydroxylation is 1. The van der Waals surface area contributed by atoms with Gasteiger partial charge in [-0.05, 0) is 44.9 Å². The van der Waals surface area contributed by atoms with Crippen LogP contribution in [0.25, 0.3) is 0 Å². The average Bonchev–Trinajstić information content (AvgIpc) is 2.74. The largest absolute Gasteiger partial charge is 0.381 e. The van der Waals surface area contributed by atoms with Crippen molar-refractivity contribution in [2.75, 3.05) is 51.3 Å². The first-order chi connectivity index (χ1) is 13.7. The van der Waals surface area contributed by atoms with Crippen molar-refractivity contribution in [3.05, 3.63) is 23.9 Å². The van der Waals surface area contributed by atoms with E-state index in [0.717, 1.165) is 58.0 Å². The summed E-state index contributed by atoms with van der Waals surface area (Å²) < 4.78 is 10.4. The lowest BCUT2D eigenvalue weighted by Gasteiger charge is -2.34. The number of aromatic nitrogens is 1.